The Balaban J connectivity index is 1.94. The summed E-state index contributed by atoms with van der Waals surface area (Å²) in [5, 5.41) is 10.5. The van der Waals surface area contributed by atoms with Crippen LogP contribution in [0.15, 0.2) is 36.4 Å². The van der Waals surface area contributed by atoms with Gasteiger partial charge in [-0.2, -0.15) is 0 Å². The molecule has 1 atom stereocenters. The molecule has 0 amide bonds. The van der Waals surface area contributed by atoms with Gasteiger partial charge in [-0.15, -0.1) is 0 Å². The molecule has 24 heavy (non-hydrogen) atoms. The number of carbonyl (C=O) groups excluding carboxylic acids is 2. The van der Waals surface area contributed by atoms with Gasteiger partial charge < -0.3 is 4.74 Å². The standard InChI is InChI=1S/C17H17NO5S/c1-3-11(2)12-4-6-13(7-5-12)14(19)10-23-17(20)15-8-9-16(24-15)18(21)22/h4-9,11H,3,10H2,1-2H3/t11-/m0/s1. The van der Waals surface area contributed by atoms with Crippen LogP contribution in [0, 0.1) is 10.1 Å². The first-order valence-corrected chi connectivity index (χ1v) is 8.28. The Hall–Kier alpha value is -2.54. The van der Waals surface area contributed by atoms with Gasteiger partial charge in [0, 0.05) is 11.6 Å². The van der Waals surface area contributed by atoms with Crippen LogP contribution in [0.3, 0.4) is 0 Å². The van der Waals surface area contributed by atoms with Crippen molar-refractivity contribution in [1.29, 1.82) is 0 Å². The zero-order chi connectivity index (χ0) is 17.7. The number of esters is 1. The second-order valence-corrected chi connectivity index (χ2v) is 6.39. The summed E-state index contributed by atoms with van der Waals surface area (Å²) in [6.07, 6.45) is 1.01. The molecule has 0 fully saturated rings. The second-order valence-electron chi connectivity index (χ2n) is 5.33. The molecule has 0 bridgehead atoms. The molecule has 1 heterocycles. The minimum absolute atomic E-state index is 0.0987. The molecule has 0 aliphatic rings. The third-order valence-electron chi connectivity index (χ3n) is 3.72. The van der Waals surface area contributed by atoms with E-state index in [1.54, 1.807) is 12.1 Å². The van der Waals surface area contributed by atoms with Crippen LogP contribution < -0.4 is 0 Å². The van der Waals surface area contributed by atoms with E-state index in [1.807, 2.05) is 12.1 Å². The molecule has 2 aromatic rings. The maximum atomic E-state index is 12.1. The van der Waals surface area contributed by atoms with Gasteiger partial charge in [-0.05, 0) is 24.0 Å². The average Bonchev–Trinajstić information content (AvgIpc) is 3.09. The molecular weight excluding hydrogens is 330 g/mol. The second kappa shape index (κ2) is 7.83. The highest BCUT2D eigenvalue weighted by molar-refractivity contribution is 7.17. The monoisotopic (exact) mass is 347 g/mol. The summed E-state index contributed by atoms with van der Waals surface area (Å²) in [5.74, 6) is -0.635. The predicted molar refractivity (Wildman–Crippen MR) is 90.7 cm³/mol. The maximum Gasteiger partial charge on any atom is 0.349 e. The van der Waals surface area contributed by atoms with Crippen molar-refractivity contribution >= 4 is 28.1 Å². The van der Waals surface area contributed by atoms with Gasteiger partial charge in [-0.1, -0.05) is 49.4 Å². The highest BCUT2D eigenvalue weighted by Gasteiger charge is 2.18. The van der Waals surface area contributed by atoms with Gasteiger partial charge in [-0.25, -0.2) is 4.79 Å². The first-order chi connectivity index (χ1) is 11.4. The average molecular weight is 347 g/mol. The van der Waals surface area contributed by atoms with Crippen LogP contribution in [0.25, 0.3) is 0 Å². The SMILES string of the molecule is CC[C@H](C)c1ccc(C(=O)COC(=O)c2ccc([N+](=O)[O-])s2)cc1. The fourth-order valence-corrected chi connectivity index (χ4v) is 2.77. The van der Waals surface area contributed by atoms with E-state index in [2.05, 4.69) is 13.8 Å². The van der Waals surface area contributed by atoms with Gasteiger partial charge in [0.25, 0.3) is 0 Å². The predicted octanol–water partition coefficient (Wildman–Crippen LogP) is 4.21. The number of carbonyl (C=O) groups is 2. The molecule has 6 nitrogen and oxygen atoms in total. The molecule has 0 aliphatic heterocycles. The third kappa shape index (κ3) is 4.26. The largest absolute Gasteiger partial charge is 0.453 e. The Morgan fingerprint density at radius 3 is 2.42 bits per heavy atom. The van der Waals surface area contributed by atoms with E-state index in [0.29, 0.717) is 11.5 Å². The number of hydrogen-bond donors (Lipinski definition) is 0. The summed E-state index contributed by atoms with van der Waals surface area (Å²) in [7, 11) is 0. The van der Waals surface area contributed by atoms with E-state index in [-0.39, 0.29) is 15.7 Å². The highest BCUT2D eigenvalue weighted by Crippen LogP contribution is 2.24. The van der Waals surface area contributed by atoms with Crippen LogP contribution in [0.2, 0.25) is 0 Å². The van der Waals surface area contributed by atoms with Gasteiger partial charge in [0.05, 0.1) is 4.92 Å². The Morgan fingerprint density at radius 1 is 1.21 bits per heavy atom. The quantitative estimate of drug-likeness (QED) is 0.324. The van der Waals surface area contributed by atoms with Crippen molar-refractivity contribution < 1.29 is 19.2 Å². The maximum absolute atomic E-state index is 12.1. The van der Waals surface area contributed by atoms with Crippen LogP contribution in [-0.2, 0) is 4.74 Å². The topological polar surface area (TPSA) is 86.5 Å². The molecule has 0 N–H and O–H groups in total. The molecule has 0 radical (unpaired) electrons. The summed E-state index contributed by atoms with van der Waals surface area (Å²) < 4.78 is 4.94. The summed E-state index contributed by atoms with van der Waals surface area (Å²) in [4.78, 5) is 34.0. The van der Waals surface area contributed by atoms with Crippen LogP contribution in [0.4, 0.5) is 5.00 Å². The number of thiophene rings is 1. The molecule has 2 rings (SSSR count). The first kappa shape index (κ1) is 17.8. The molecule has 0 unspecified atom stereocenters. The number of Topliss-reactive ketones (excluding diaryl/α,β-unsaturated/α-hetero) is 1. The highest BCUT2D eigenvalue weighted by atomic mass is 32.1. The fraction of sp³-hybridized carbons (Fsp3) is 0.294. The van der Waals surface area contributed by atoms with Gasteiger partial charge in [0.2, 0.25) is 0 Å². The van der Waals surface area contributed by atoms with E-state index in [1.165, 1.54) is 12.1 Å². The van der Waals surface area contributed by atoms with Crippen molar-refractivity contribution in [1.82, 2.24) is 0 Å². The number of nitro groups is 1. The van der Waals surface area contributed by atoms with Crippen LogP contribution >= 0.6 is 11.3 Å². The van der Waals surface area contributed by atoms with Gasteiger partial charge in [-0.3, -0.25) is 14.9 Å². The number of ether oxygens (including phenoxy) is 1. The van der Waals surface area contributed by atoms with E-state index in [4.69, 9.17) is 4.74 Å². The van der Waals surface area contributed by atoms with Crippen molar-refractivity contribution in [2.45, 2.75) is 26.2 Å². The van der Waals surface area contributed by atoms with Crippen LogP contribution in [-0.4, -0.2) is 23.3 Å². The Kier molecular flexibility index (Phi) is 5.81. The molecule has 0 aliphatic carbocycles. The minimum Gasteiger partial charge on any atom is -0.453 e. The van der Waals surface area contributed by atoms with E-state index in [9.17, 15) is 19.7 Å². The number of nitrogens with zero attached hydrogens (tertiary/aromatic N) is 1. The smallest absolute Gasteiger partial charge is 0.349 e. The van der Waals surface area contributed by atoms with Crippen molar-refractivity contribution in [2.24, 2.45) is 0 Å². The lowest BCUT2D eigenvalue weighted by Crippen LogP contribution is -2.13. The lowest BCUT2D eigenvalue weighted by molar-refractivity contribution is -0.380. The van der Waals surface area contributed by atoms with Gasteiger partial charge in [0.1, 0.15) is 4.88 Å². The number of rotatable bonds is 7. The summed E-state index contributed by atoms with van der Waals surface area (Å²) >= 11 is 0.719. The Bertz CT molecular complexity index is 751. The van der Waals surface area contributed by atoms with E-state index < -0.39 is 17.5 Å². The number of hydrogen-bond acceptors (Lipinski definition) is 6. The summed E-state index contributed by atoms with van der Waals surface area (Å²) in [6, 6.07) is 9.77. The molecule has 0 saturated heterocycles. The lowest BCUT2D eigenvalue weighted by Gasteiger charge is -2.09. The lowest BCUT2D eigenvalue weighted by atomic mass is 9.97. The molecule has 126 valence electrons. The molecular formula is C17H17NO5S. The Morgan fingerprint density at radius 2 is 1.88 bits per heavy atom. The molecule has 7 heteroatoms. The van der Waals surface area contributed by atoms with Gasteiger partial charge >= 0.3 is 11.0 Å². The normalized spacial score (nSPS) is 11.8. The molecule has 1 aromatic heterocycles. The zero-order valence-electron chi connectivity index (χ0n) is 13.4. The van der Waals surface area contributed by atoms with Crippen LogP contribution in [0.1, 0.15) is 51.8 Å². The van der Waals surface area contributed by atoms with Crippen molar-refractivity contribution in [2.75, 3.05) is 6.61 Å². The Labute approximate surface area is 143 Å². The summed E-state index contributed by atoms with van der Waals surface area (Å²) in [5.41, 5.74) is 1.61. The molecule has 0 spiro atoms. The van der Waals surface area contributed by atoms with E-state index in [0.717, 1.165) is 23.3 Å². The minimum atomic E-state index is -0.738. The number of benzene rings is 1. The van der Waals surface area contributed by atoms with Gasteiger partial charge in [0.15, 0.2) is 12.4 Å². The summed E-state index contributed by atoms with van der Waals surface area (Å²) in [6.45, 7) is 3.81. The fourth-order valence-electron chi connectivity index (χ4n) is 2.05. The van der Waals surface area contributed by atoms with Crippen molar-refractivity contribution in [3.63, 3.8) is 0 Å². The third-order valence-corrected chi connectivity index (χ3v) is 4.74. The van der Waals surface area contributed by atoms with Crippen molar-refractivity contribution in [3.8, 4) is 0 Å². The first-order valence-electron chi connectivity index (χ1n) is 7.47. The molecule has 0 saturated carbocycles. The van der Waals surface area contributed by atoms with Crippen LogP contribution in [0.5, 0.6) is 0 Å². The van der Waals surface area contributed by atoms with E-state index >= 15 is 0 Å². The zero-order valence-corrected chi connectivity index (χ0v) is 14.2. The number of ketones is 1. The van der Waals surface area contributed by atoms with Crippen molar-refractivity contribution in [3.05, 3.63) is 62.5 Å². The molecule has 1 aromatic carbocycles.